The highest BCUT2D eigenvalue weighted by molar-refractivity contribution is 7.14. The zero-order valence-electron chi connectivity index (χ0n) is 12.5. The van der Waals surface area contributed by atoms with Gasteiger partial charge in [-0.25, -0.2) is 4.98 Å². The van der Waals surface area contributed by atoms with Crippen LogP contribution in [0.1, 0.15) is 0 Å². The van der Waals surface area contributed by atoms with Gasteiger partial charge < -0.3 is 15.2 Å². The molecule has 1 fully saturated rings. The number of hydrogen-bond donors (Lipinski definition) is 2. The number of nitrogens with zero attached hydrogens (tertiary/aromatic N) is 1. The van der Waals surface area contributed by atoms with E-state index in [0.717, 1.165) is 11.3 Å². The number of ether oxygens (including phenoxy) is 1. The van der Waals surface area contributed by atoms with Crippen molar-refractivity contribution < 1.29 is 19.4 Å². The number of benzene rings is 1. The summed E-state index contributed by atoms with van der Waals surface area (Å²) >= 11 is 1.31. The summed E-state index contributed by atoms with van der Waals surface area (Å²) < 4.78 is 5.52. The lowest BCUT2D eigenvalue weighted by atomic mass is 9.82. The van der Waals surface area contributed by atoms with E-state index in [1.54, 1.807) is 12.2 Å². The molecule has 0 unspecified atom stereocenters. The van der Waals surface area contributed by atoms with Crippen LogP contribution in [0.15, 0.2) is 47.9 Å². The first-order valence-electron chi connectivity index (χ1n) is 7.52. The molecule has 7 heteroatoms. The lowest BCUT2D eigenvalue weighted by Crippen LogP contribution is -2.39. The number of rotatable bonds is 4. The Bertz CT molecular complexity index is 817. The van der Waals surface area contributed by atoms with Crippen LogP contribution in [0.4, 0.5) is 5.13 Å². The Hall–Kier alpha value is -2.51. The van der Waals surface area contributed by atoms with E-state index in [2.05, 4.69) is 10.3 Å². The topological polar surface area (TPSA) is 88.5 Å². The molecule has 1 amide bonds. The van der Waals surface area contributed by atoms with E-state index in [4.69, 9.17) is 4.74 Å². The molecule has 2 N–H and O–H groups in total. The third kappa shape index (κ3) is 2.51. The number of aliphatic carboxylic acids is 1. The van der Waals surface area contributed by atoms with Gasteiger partial charge in [-0.05, 0) is 0 Å². The summed E-state index contributed by atoms with van der Waals surface area (Å²) in [4.78, 5) is 28.4. The van der Waals surface area contributed by atoms with Gasteiger partial charge in [-0.2, -0.15) is 0 Å². The molecule has 6 nitrogen and oxygen atoms in total. The Morgan fingerprint density at radius 1 is 1.12 bits per heavy atom. The number of aromatic nitrogens is 1. The normalized spacial score (nSPS) is 27.3. The molecule has 0 radical (unpaired) electrons. The van der Waals surface area contributed by atoms with Gasteiger partial charge in [0.1, 0.15) is 5.92 Å². The molecule has 2 aromatic rings. The lowest BCUT2D eigenvalue weighted by molar-refractivity contribution is -0.145. The van der Waals surface area contributed by atoms with Gasteiger partial charge in [-0.3, -0.25) is 9.59 Å². The number of thiazole rings is 1. The fourth-order valence-corrected chi connectivity index (χ4v) is 3.90. The Labute approximate surface area is 141 Å². The molecule has 0 spiro atoms. The third-order valence-corrected chi connectivity index (χ3v) is 5.05. The molecule has 4 atom stereocenters. The molecule has 2 aliphatic rings. The first-order valence-corrected chi connectivity index (χ1v) is 8.40. The fraction of sp³-hybridized carbons (Fsp3) is 0.235. The molecule has 1 saturated heterocycles. The Balaban J connectivity index is 1.52. The zero-order chi connectivity index (χ0) is 16.7. The van der Waals surface area contributed by atoms with Crippen molar-refractivity contribution in [2.45, 2.75) is 12.2 Å². The van der Waals surface area contributed by atoms with Crippen LogP contribution in [0.25, 0.3) is 11.3 Å². The number of carboxylic acid groups (broad SMARTS) is 1. The number of nitrogens with one attached hydrogen (secondary N) is 1. The highest BCUT2D eigenvalue weighted by atomic mass is 32.1. The van der Waals surface area contributed by atoms with E-state index < -0.39 is 30.0 Å². The minimum atomic E-state index is -1.02. The van der Waals surface area contributed by atoms with E-state index in [9.17, 15) is 14.7 Å². The smallest absolute Gasteiger partial charge is 0.310 e. The van der Waals surface area contributed by atoms with Gasteiger partial charge in [0.15, 0.2) is 5.13 Å². The van der Waals surface area contributed by atoms with Gasteiger partial charge in [-0.1, -0.05) is 42.5 Å². The van der Waals surface area contributed by atoms with Crippen molar-refractivity contribution in [2.24, 2.45) is 11.8 Å². The van der Waals surface area contributed by atoms with Gasteiger partial charge >= 0.3 is 5.97 Å². The summed E-state index contributed by atoms with van der Waals surface area (Å²) in [5.74, 6) is -2.97. The van der Waals surface area contributed by atoms with Gasteiger partial charge in [0.25, 0.3) is 0 Å². The maximum absolute atomic E-state index is 12.5. The molecular formula is C17H14N2O4S. The van der Waals surface area contributed by atoms with E-state index >= 15 is 0 Å². The van der Waals surface area contributed by atoms with Crippen molar-refractivity contribution in [2.75, 3.05) is 5.32 Å². The van der Waals surface area contributed by atoms with E-state index in [1.807, 2.05) is 35.7 Å². The van der Waals surface area contributed by atoms with Crippen LogP contribution >= 0.6 is 11.3 Å². The van der Waals surface area contributed by atoms with E-state index in [-0.39, 0.29) is 5.91 Å². The first kappa shape index (κ1) is 15.0. The Kier molecular flexibility index (Phi) is 3.66. The molecule has 1 aromatic heterocycles. The van der Waals surface area contributed by atoms with Crippen LogP contribution < -0.4 is 5.32 Å². The molecule has 3 heterocycles. The number of anilines is 1. The van der Waals surface area contributed by atoms with Crippen molar-refractivity contribution >= 4 is 28.3 Å². The lowest BCUT2D eigenvalue weighted by Gasteiger charge is -2.20. The minimum Gasteiger partial charge on any atom is -0.481 e. The predicted molar refractivity (Wildman–Crippen MR) is 88.6 cm³/mol. The first-order chi connectivity index (χ1) is 11.6. The second-order valence-corrected chi connectivity index (χ2v) is 6.59. The number of carbonyl (C=O) groups excluding carboxylic acids is 1. The molecule has 1 aromatic carbocycles. The molecule has 0 saturated carbocycles. The maximum atomic E-state index is 12.5. The van der Waals surface area contributed by atoms with Crippen molar-refractivity contribution in [3.05, 3.63) is 47.9 Å². The maximum Gasteiger partial charge on any atom is 0.310 e. The molecule has 24 heavy (non-hydrogen) atoms. The molecular weight excluding hydrogens is 328 g/mol. The second-order valence-electron chi connectivity index (χ2n) is 5.73. The average molecular weight is 342 g/mol. The van der Waals surface area contributed by atoms with Gasteiger partial charge in [0, 0.05) is 10.9 Å². The van der Waals surface area contributed by atoms with Gasteiger partial charge in [0.05, 0.1) is 23.8 Å². The zero-order valence-corrected chi connectivity index (χ0v) is 13.3. The molecule has 4 rings (SSSR count). The predicted octanol–water partition coefficient (Wildman–Crippen LogP) is 2.40. The molecule has 0 aliphatic carbocycles. The number of hydrogen-bond acceptors (Lipinski definition) is 5. The third-order valence-electron chi connectivity index (χ3n) is 4.29. The van der Waals surface area contributed by atoms with Crippen molar-refractivity contribution in [3.8, 4) is 11.3 Å². The van der Waals surface area contributed by atoms with Crippen molar-refractivity contribution in [1.29, 1.82) is 0 Å². The van der Waals surface area contributed by atoms with Crippen LogP contribution in [-0.2, 0) is 14.3 Å². The standard InChI is InChI=1S/C17H14N2O4S/c20-15(13-11-6-7-12(23-11)14(13)16(21)22)19-17-18-10(8-24-17)9-4-2-1-3-5-9/h1-8,11-14H,(H,21,22)(H,18,19,20)/t11-,12-,13+,14-/m1/s1. The van der Waals surface area contributed by atoms with Crippen LogP contribution in [0.2, 0.25) is 0 Å². The second kappa shape index (κ2) is 5.85. The number of amides is 1. The summed E-state index contributed by atoms with van der Waals surface area (Å²) in [5.41, 5.74) is 1.73. The summed E-state index contributed by atoms with van der Waals surface area (Å²) in [5, 5.41) is 14.4. The minimum absolute atomic E-state index is 0.367. The quantitative estimate of drug-likeness (QED) is 0.833. The largest absolute Gasteiger partial charge is 0.481 e. The fourth-order valence-electron chi connectivity index (χ4n) is 3.18. The van der Waals surface area contributed by atoms with Crippen LogP contribution in [0, 0.1) is 11.8 Å². The molecule has 2 bridgehead atoms. The number of carbonyl (C=O) groups is 2. The van der Waals surface area contributed by atoms with Crippen molar-refractivity contribution in [1.82, 2.24) is 4.98 Å². The van der Waals surface area contributed by atoms with Gasteiger partial charge in [0.2, 0.25) is 5.91 Å². The van der Waals surface area contributed by atoms with E-state index in [0.29, 0.717) is 5.13 Å². The summed E-state index contributed by atoms with van der Waals surface area (Å²) in [7, 11) is 0. The summed E-state index contributed by atoms with van der Waals surface area (Å²) in [6.45, 7) is 0. The van der Waals surface area contributed by atoms with Crippen LogP contribution in [0.3, 0.4) is 0 Å². The summed E-state index contributed by atoms with van der Waals surface area (Å²) in [6, 6.07) is 9.64. The summed E-state index contributed by atoms with van der Waals surface area (Å²) in [6.07, 6.45) is 2.46. The Morgan fingerprint density at radius 2 is 1.83 bits per heavy atom. The Morgan fingerprint density at radius 3 is 2.54 bits per heavy atom. The molecule has 122 valence electrons. The monoisotopic (exact) mass is 342 g/mol. The highest BCUT2D eigenvalue weighted by Crippen LogP contribution is 2.40. The number of fused-ring (bicyclic) bond motifs is 2. The van der Waals surface area contributed by atoms with Crippen LogP contribution in [-0.4, -0.2) is 34.2 Å². The van der Waals surface area contributed by atoms with Gasteiger partial charge in [-0.15, -0.1) is 11.3 Å². The van der Waals surface area contributed by atoms with E-state index in [1.165, 1.54) is 11.3 Å². The highest BCUT2D eigenvalue weighted by Gasteiger charge is 2.53. The van der Waals surface area contributed by atoms with Crippen LogP contribution in [0.5, 0.6) is 0 Å². The number of carboxylic acids is 1. The average Bonchev–Trinajstić information content (AvgIpc) is 3.30. The van der Waals surface area contributed by atoms with Crippen molar-refractivity contribution in [3.63, 3.8) is 0 Å². The molecule has 2 aliphatic heterocycles. The SMILES string of the molecule is O=C(Nc1nc(-c2ccccc2)cs1)[C@@H]1[C@H](C(=O)O)[C@H]2C=C[C@H]1O2.